The Morgan fingerprint density at radius 1 is 1.26 bits per heavy atom. The maximum atomic E-state index is 12.5. The number of ether oxygens (including phenoxy) is 1. The lowest BCUT2D eigenvalue weighted by molar-refractivity contribution is -0.143. The zero-order chi connectivity index (χ0) is 24.4. The Balaban J connectivity index is 0. The highest BCUT2D eigenvalue weighted by atomic mass is 16.5. The fourth-order valence-corrected chi connectivity index (χ4v) is 3.57. The van der Waals surface area contributed by atoms with E-state index in [0.717, 1.165) is 47.9 Å². The van der Waals surface area contributed by atoms with Crippen LogP contribution in [0, 0.1) is 5.92 Å². The molecule has 2 heterocycles. The van der Waals surface area contributed by atoms with E-state index < -0.39 is 5.92 Å². The van der Waals surface area contributed by atoms with Gasteiger partial charge in [0.15, 0.2) is 0 Å². The average Bonchev–Trinajstić information content (AvgIpc) is 3.18. The van der Waals surface area contributed by atoms with Crippen LogP contribution >= 0.6 is 0 Å². The Kier molecular flexibility index (Phi) is 19.1. The predicted octanol–water partition coefficient (Wildman–Crippen LogP) is 3.99. The summed E-state index contributed by atoms with van der Waals surface area (Å²) >= 11 is 0. The van der Waals surface area contributed by atoms with Crippen molar-refractivity contribution in [3.63, 3.8) is 0 Å². The molecule has 0 amide bonds. The molecule has 0 saturated heterocycles. The van der Waals surface area contributed by atoms with Crippen molar-refractivity contribution in [3.8, 4) is 0 Å². The quantitative estimate of drug-likeness (QED) is 0.701. The van der Waals surface area contributed by atoms with Gasteiger partial charge in [-0.1, -0.05) is 67.2 Å². The number of allylic oxidation sites excluding steroid dienone is 2. The lowest BCUT2D eigenvalue weighted by Crippen LogP contribution is -2.34. The monoisotopic (exact) mass is 436 g/mol. The molecule has 1 aromatic rings. The highest BCUT2D eigenvalue weighted by Gasteiger charge is 2.31. The van der Waals surface area contributed by atoms with Crippen molar-refractivity contribution in [2.24, 2.45) is 5.92 Å². The number of esters is 1. The van der Waals surface area contributed by atoms with Crippen LogP contribution in [-0.2, 0) is 16.0 Å². The van der Waals surface area contributed by atoms with E-state index in [4.69, 9.17) is 4.74 Å². The van der Waals surface area contributed by atoms with Crippen molar-refractivity contribution in [2.75, 3.05) is 33.4 Å². The van der Waals surface area contributed by atoms with Gasteiger partial charge < -0.3 is 19.7 Å². The maximum absolute atomic E-state index is 12.5. The molecule has 0 saturated carbocycles. The fraction of sp³-hybridized carbons (Fsp3) is 0.654. The smallest absolute Gasteiger partial charge is 0.314 e. The second-order valence-corrected chi connectivity index (χ2v) is 6.61. The Labute approximate surface area is 190 Å². The van der Waals surface area contributed by atoms with E-state index >= 15 is 0 Å². The van der Waals surface area contributed by atoms with Gasteiger partial charge in [0.05, 0.1) is 13.0 Å². The summed E-state index contributed by atoms with van der Waals surface area (Å²) in [5.74, 6) is -0.625. The Morgan fingerprint density at radius 2 is 1.87 bits per heavy atom. The van der Waals surface area contributed by atoms with Gasteiger partial charge in [-0.25, -0.2) is 0 Å². The summed E-state index contributed by atoms with van der Waals surface area (Å²) in [6.07, 6.45) is 7.29. The number of H-pyrrole nitrogens is 1. The predicted molar refractivity (Wildman–Crippen MR) is 135 cm³/mol. The molecule has 0 spiro atoms. The summed E-state index contributed by atoms with van der Waals surface area (Å²) in [5.41, 5.74) is 1.99. The summed E-state index contributed by atoms with van der Waals surface area (Å²) in [6.45, 7) is 23.0. The molecule has 1 aliphatic rings. The average molecular weight is 437 g/mol. The number of aromatic nitrogens is 1. The van der Waals surface area contributed by atoms with Crippen LogP contribution in [-0.4, -0.2) is 54.3 Å². The minimum absolute atomic E-state index is 0.0366. The van der Waals surface area contributed by atoms with Crippen molar-refractivity contribution in [1.82, 2.24) is 9.88 Å². The number of hydrogen-bond acceptors (Lipinski definition) is 4. The fourth-order valence-electron chi connectivity index (χ4n) is 3.57. The molecule has 2 N–H and O–H groups in total. The first kappa shape index (κ1) is 31.3. The van der Waals surface area contributed by atoms with E-state index in [-0.39, 0.29) is 18.5 Å². The second kappa shape index (κ2) is 18.9. The molecular weight excluding hydrogens is 388 g/mol. The topological polar surface area (TPSA) is 65.6 Å². The molecule has 0 radical (unpaired) electrons. The molecule has 0 fully saturated rings. The second-order valence-electron chi connectivity index (χ2n) is 6.61. The summed E-state index contributed by atoms with van der Waals surface area (Å²) in [5, 5.41) is 11.7. The number of nitrogens with zero attached hydrogens (tertiary/aromatic N) is 1. The Bertz CT molecular complexity index is 722. The maximum Gasteiger partial charge on any atom is 0.314 e. The Morgan fingerprint density at radius 3 is 2.35 bits per heavy atom. The number of nitrogens with one attached hydrogen (secondary N) is 1. The van der Waals surface area contributed by atoms with E-state index in [9.17, 15) is 9.90 Å². The van der Waals surface area contributed by atoms with Gasteiger partial charge in [-0.05, 0) is 49.1 Å². The third-order valence-electron chi connectivity index (χ3n) is 5.04. The van der Waals surface area contributed by atoms with E-state index in [1.807, 2.05) is 66.7 Å². The van der Waals surface area contributed by atoms with Gasteiger partial charge in [-0.15, -0.1) is 0 Å². The number of carbonyl (C=O) groups is 1. The zero-order valence-electron chi connectivity index (χ0n) is 21.5. The number of aliphatic hydroxyl groups is 1. The number of aliphatic hydroxyl groups excluding tert-OH is 1. The van der Waals surface area contributed by atoms with Crippen LogP contribution in [0.5, 0.6) is 0 Å². The van der Waals surface area contributed by atoms with Crippen LogP contribution in [0.2, 0.25) is 0 Å². The molecule has 5 heteroatoms. The lowest BCUT2D eigenvalue weighted by atomic mass is 9.90. The van der Waals surface area contributed by atoms with Crippen molar-refractivity contribution in [2.45, 2.75) is 74.1 Å². The molecule has 180 valence electrons. The molecule has 2 atom stereocenters. The molecule has 1 aromatic heterocycles. The summed E-state index contributed by atoms with van der Waals surface area (Å²) in [4.78, 5) is 18.2. The molecule has 2 rings (SSSR count). The standard InChI is InChI=1S/C20H30N2O3.3C2H6/c1-5-7-8-18-14(3)16-9-10-22(6-2)12-15(13-23)11-17(19(16)21-18)20(24)25-4;3*1-2/h5,7-8,15,17,21,23H,3,6,9-13H2,1-2,4H3;3*1-2H3/b7-5-,18-8+;;;. The third-order valence-corrected chi connectivity index (χ3v) is 5.04. The van der Waals surface area contributed by atoms with Crippen molar-refractivity contribution in [1.29, 1.82) is 0 Å². The van der Waals surface area contributed by atoms with Crippen molar-refractivity contribution in [3.05, 3.63) is 34.0 Å². The molecular formula is C26H48N2O3. The van der Waals surface area contributed by atoms with Crippen LogP contribution in [0.3, 0.4) is 0 Å². The minimum atomic E-state index is -0.401. The van der Waals surface area contributed by atoms with Gasteiger partial charge in [0.2, 0.25) is 0 Å². The summed E-state index contributed by atoms with van der Waals surface area (Å²) in [6, 6.07) is 0. The van der Waals surface area contributed by atoms with E-state index in [1.54, 1.807) is 0 Å². The normalized spacial score (nSPS) is 19.2. The van der Waals surface area contributed by atoms with Crippen LogP contribution < -0.4 is 10.6 Å². The highest BCUT2D eigenvalue weighted by Crippen LogP contribution is 2.27. The Hall–Kier alpha value is -1.85. The van der Waals surface area contributed by atoms with Gasteiger partial charge in [0.25, 0.3) is 0 Å². The van der Waals surface area contributed by atoms with Crippen molar-refractivity contribution < 1.29 is 14.6 Å². The van der Waals surface area contributed by atoms with E-state index in [0.29, 0.717) is 6.42 Å². The van der Waals surface area contributed by atoms with Crippen LogP contribution in [0.1, 0.15) is 79.0 Å². The van der Waals surface area contributed by atoms with Gasteiger partial charge in [0, 0.05) is 30.7 Å². The van der Waals surface area contributed by atoms with Crippen LogP contribution in [0.25, 0.3) is 12.7 Å². The first-order chi connectivity index (χ1) is 15.0. The number of likely N-dealkylation sites (N-methyl/N-ethyl adjacent to an activating group) is 1. The summed E-state index contributed by atoms with van der Waals surface area (Å²) < 4.78 is 5.06. The number of carbonyl (C=O) groups excluding carboxylic acids is 1. The van der Waals surface area contributed by atoms with Crippen LogP contribution in [0.15, 0.2) is 12.2 Å². The first-order valence-corrected chi connectivity index (χ1v) is 12.0. The number of rotatable bonds is 4. The van der Waals surface area contributed by atoms with Crippen molar-refractivity contribution >= 4 is 18.6 Å². The molecule has 0 aromatic carbocycles. The van der Waals surface area contributed by atoms with Gasteiger partial charge >= 0.3 is 5.97 Å². The number of aromatic amines is 1. The largest absolute Gasteiger partial charge is 0.469 e. The number of fused-ring (bicyclic) bond motifs is 1. The SMILES string of the molecule is C=c1c2c([nH]/c1=C/C=C\C)C(C(=O)OC)CC(CO)CN(CC)CC2.CC.CC.CC. The zero-order valence-corrected chi connectivity index (χ0v) is 21.5. The molecule has 1 aliphatic heterocycles. The van der Waals surface area contributed by atoms with Gasteiger partial charge in [0.1, 0.15) is 0 Å². The lowest BCUT2D eigenvalue weighted by Gasteiger charge is -2.25. The van der Waals surface area contributed by atoms with Gasteiger partial charge in [-0.3, -0.25) is 4.79 Å². The van der Waals surface area contributed by atoms with E-state index in [1.165, 1.54) is 7.11 Å². The minimum Gasteiger partial charge on any atom is -0.469 e. The molecule has 31 heavy (non-hydrogen) atoms. The third kappa shape index (κ3) is 9.44. The van der Waals surface area contributed by atoms with Gasteiger partial charge in [-0.2, -0.15) is 0 Å². The highest BCUT2D eigenvalue weighted by molar-refractivity contribution is 5.78. The molecule has 0 aliphatic carbocycles. The molecule has 2 unspecified atom stereocenters. The number of hydrogen-bond donors (Lipinski definition) is 2. The molecule has 5 nitrogen and oxygen atoms in total. The molecule has 0 bridgehead atoms. The van der Waals surface area contributed by atoms with E-state index in [2.05, 4.69) is 23.4 Å². The van der Waals surface area contributed by atoms with Crippen LogP contribution in [0.4, 0.5) is 0 Å². The summed E-state index contributed by atoms with van der Waals surface area (Å²) in [7, 11) is 1.42. The first-order valence-electron chi connectivity index (χ1n) is 12.0. The number of methoxy groups -OCH3 is 1.